The number of piperazine rings is 1. The number of thioether (sulfide) groups is 1. The standard InChI is InChI=1S/C29H33N7OS/c1-38-25-7-3-2-6-24(25)34-16-18-35(19-17-34)27(37)21-31-29-28(32-26-20-30-12-15-36(26)29)22-8-10-23(11-9-22)33-13-4-5-14-33/h2-3,6-12,15,20,31H,4-5,13-14,16-19,21H2,1H3. The first-order chi connectivity index (χ1) is 18.7. The summed E-state index contributed by atoms with van der Waals surface area (Å²) < 4.78 is 1.97. The van der Waals surface area contributed by atoms with Crippen LogP contribution >= 0.6 is 11.8 Å². The first-order valence-corrected chi connectivity index (χ1v) is 14.5. The molecule has 0 bridgehead atoms. The molecule has 2 aliphatic heterocycles. The van der Waals surface area contributed by atoms with E-state index in [1.54, 1.807) is 24.2 Å². The molecule has 196 valence electrons. The molecule has 2 aromatic carbocycles. The van der Waals surface area contributed by atoms with Crippen LogP contribution in [0.2, 0.25) is 0 Å². The number of hydrogen-bond acceptors (Lipinski definition) is 7. The zero-order chi connectivity index (χ0) is 25.9. The molecule has 8 nitrogen and oxygen atoms in total. The second-order valence-electron chi connectivity index (χ2n) is 9.75. The SMILES string of the molecule is CSc1ccccc1N1CCN(C(=O)CNc2c(-c3ccc(N4CCCC4)cc3)nc3cnccn23)CC1. The third-order valence-corrected chi connectivity index (χ3v) is 8.29. The van der Waals surface area contributed by atoms with Gasteiger partial charge in [-0.1, -0.05) is 24.3 Å². The Hall–Kier alpha value is -3.72. The molecule has 0 saturated carbocycles. The van der Waals surface area contributed by atoms with Gasteiger partial charge in [-0.05, 0) is 43.4 Å². The van der Waals surface area contributed by atoms with Crippen molar-refractivity contribution in [2.24, 2.45) is 0 Å². The number of hydrogen-bond donors (Lipinski definition) is 1. The minimum atomic E-state index is 0.0992. The van der Waals surface area contributed by atoms with Gasteiger partial charge >= 0.3 is 0 Å². The van der Waals surface area contributed by atoms with E-state index in [2.05, 4.69) is 74.9 Å². The molecular weight excluding hydrogens is 494 g/mol. The van der Waals surface area contributed by atoms with E-state index in [9.17, 15) is 4.79 Å². The Labute approximate surface area is 227 Å². The fourth-order valence-electron chi connectivity index (χ4n) is 5.44. The van der Waals surface area contributed by atoms with Gasteiger partial charge in [-0.15, -0.1) is 11.8 Å². The molecule has 1 amide bonds. The first-order valence-electron chi connectivity index (χ1n) is 13.3. The lowest BCUT2D eigenvalue weighted by Gasteiger charge is -2.37. The Morgan fingerprint density at radius 2 is 1.71 bits per heavy atom. The second-order valence-corrected chi connectivity index (χ2v) is 10.6. The molecule has 0 aliphatic carbocycles. The predicted octanol–water partition coefficient (Wildman–Crippen LogP) is 4.48. The lowest BCUT2D eigenvalue weighted by atomic mass is 10.1. The highest BCUT2D eigenvalue weighted by Gasteiger charge is 2.23. The minimum Gasteiger partial charge on any atom is -0.372 e. The number of rotatable bonds is 7. The number of para-hydroxylation sites is 1. The van der Waals surface area contributed by atoms with Crippen molar-refractivity contribution in [1.29, 1.82) is 0 Å². The highest BCUT2D eigenvalue weighted by molar-refractivity contribution is 7.98. The molecule has 2 aliphatic rings. The Morgan fingerprint density at radius 1 is 0.947 bits per heavy atom. The van der Waals surface area contributed by atoms with Crippen LogP contribution in [0, 0.1) is 0 Å². The second kappa shape index (κ2) is 10.9. The number of anilines is 3. The summed E-state index contributed by atoms with van der Waals surface area (Å²) in [6.07, 6.45) is 10.00. The minimum absolute atomic E-state index is 0.0992. The van der Waals surface area contributed by atoms with E-state index in [-0.39, 0.29) is 12.5 Å². The van der Waals surface area contributed by atoms with Crippen molar-refractivity contribution >= 4 is 40.5 Å². The summed E-state index contributed by atoms with van der Waals surface area (Å²) in [6, 6.07) is 17.1. The maximum absolute atomic E-state index is 13.2. The van der Waals surface area contributed by atoms with Gasteiger partial charge < -0.3 is 20.0 Å². The van der Waals surface area contributed by atoms with Gasteiger partial charge in [0.1, 0.15) is 11.5 Å². The number of amides is 1. The maximum atomic E-state index is 13.2. The van der Waals surface area contributed by atoms with E-state index in [1.165, 1.54) is 29.1 Å². The summed E-state index contributed by atoms with van der Waals surface area (Å²) in [5, 5.41) is 3.42. The average molecular weight is 528 g/mol. The van der Waals surface area contributed by atoms with Gasteiger partial charge in [0.25, 0.3) is 0 Å². The van der Waals surface area contributed by atoms with Crippen LogP contribution in [0.4, 0.5) is 17.2 Å². The third kappa shape index (κ3) is 4.90. The van der Waals surface area contributed by atoms with E-state index in [4.69, 9.17) is 4.98 Å². The fourth-order valence-corrected chi connectivity index (χ4v) is 6.06. The van der Waals surface area contributed by atoms with Crippen LogP contribution in [0.3, 0.4) is 0 Å². The Kier molecular flexibility index (Phi) is 7.09. The summed E-state index contributed by atoms with van der Waals surface area (Å²) >= 11 is 1.76. The molecule has 2 saturated heterocycles. The summed E-state index contributed by atoms with van der Waals surface area (Å²) in [7, 11) is 0. The van der Waals surface area contributed by atoms with E-state index >= 15 is 0 Å². The van der Waals surface area contributed by atoms with Crippen LogP contribution in [0.25, 0.3) is 16.9 Å². The zero-order valence-corrected chi connectivity index (χ0v) is 22.5. The molecule has 1 N–H and O–H groups in total. The highest BCUT2D eigenvalue weighted by atomic mass is 32.2. The molecule has 6 rings (SSSR count). The van der Waals surface area contributed by atoms with Crippen molar-refractivity contribution in [1.82, 2.24) is 19.3 Å². The maximum Gasteiger partial charge on any atom is 0.242 e. The lowest BCUT2D eigenvalue weighted by Crippen LogP contribution is -2.50. The van der Waals surface area contributed by atoms with Crippen molar-refractivity contribution in [3.05, 3.63) is 67.1 Å². The van der Waals surface area contributed by atoms with Gasteiger partial charge in [0.15, 0.2) is 5.65 Å². The number of carbonyl (C=O) groups is 1. The molecule has 4 heterocycles. The predicted molar refractivity (Wildman–Crippen MR) is 155 cm³/mol. The van der Waals surface area contributed by atoms with E-state index in [0.717, 1.165) is 48.9 Å². The number of imidazole rings is 1. The lowest BCUT2D eigenvalue weighted by molar-refractivity contribution is -0.129. The average Bonchev–Trinajstić information content (AvgIpc) is 3.65. The topological polar surface area (TPSA) is 69.0 Å². The smallest absolute Gasteiger partial charge is 0.242 e. The van der Waals surface area contributed by atoms with E-state index < -0.39 is 0 Å². The number of fused-ring (bicyclic) bond motifs is 1. The summed E-state index contributed by atoms with van der Waals surface area (Å²) in [6.45, 7) is 5.55. The number of nitrogens with one attached hydrogen (secondary N) is 1. The largest absolute Gasteiger partial charge is 0.372 e. The molecule has 0 spiro atoms. The van der Waals surface area contributed by atoms with Gasteiger partial charge in [-0.2, -0.15) is 0 Å². The molecule has 9 heteroatoms. The highest BCUT2D eigenvalue weighted by Crippen LogP contribution is 2.31. The number of aromatic nitrogens is 3. The van der Waals surface area contributed by atoms with Crippen molar-refractivity contribution in [3.8, 4) is 11.3 Å². The Morgan fingerprint density at radius 3 is 2.47 bits per heavy atom. The number of nitrogens with zero attached hydrogens (tertiary/aromatic N) is 6. The van der Waals surface area contributed by atoms with Crippen molar-refractivity contribution in [2.45, 2.75) is 17.7 Å². The van der Waals surface area contributed by atoms with Gasteiger partial charge in [-0.3, -0.25) is 14.2 Å². The number of benzene rings is 2. The molecule has 38 heavy (non-hydrogen) atoms. The van der Waals surface area contributed by atoms with Gasteiger partial charge in [0.05, 0.1) is 18.4 Å². The van der Waals surface area contributed by atoms with Crippen LogP contribution in [-0.2, 0) is 4.79 Å². The van der Waals surface area contributed by atoms with Gasteiger partial charge in [0.2, 0.25) is 5.91 Å². The summed E-state index contributed by atoms with van der Waals surface area (Å²) in [4.78, 5) is 30.4. The molecule has 0 unspecified atom stereocenters. The van der Waals surface area contributed by atoms with Crippen molar-refractivity contribution in [3.63, 3.8) is 0 Å². The summed E-state index contributed by atoms with van der Waals surface area (Å²) in [5.74, 6) is 0.916. The molecule has 2 fully saturated rings. The zero-order valence-electron chi connectivity index (χ0n) is 21.7. The molecular formula is C29H33N7OS. The molecule has 4 aromatic rings. The Bertz CT molecular complexity index is 1410. The number of carbonyl (C=O) groups excluding carboxylic acids is 1. The van der Waals surface area contributed by atoms with Crippen molar-refractivity contribution in [2.75, 3.05) is 67.2 Å². The third-order valence-electron chi connectivity index (χ3n) is 7.51. The van der Waals surface area contributed by atoms with Gasteiger partial charge in [-0.25, -0.2) is 4.98 Å². The van der Waals surface area contributed by atoms with Crippen LogP contribution in [0.1, 0.15) is 12.8 Å². The molecule has 2 aromatic heterocycles. The van der Waals surface area contributed by atoms with Crippen LogP contribution in [-0.4, -0.2) is 77.2 Å². The first kappa shape index (κ1) is 24.6. The van der Waals surface area contributed by atoms with E-state index in [0.29, 0.717) is 13.1 Å². The quantitative estimate of drug-likeness (QED) is 0.356. The Balaban J connectivity index is 1.15. The van der Waals surface area contributed by atoms with Crippen LogP contribution < -0.4 is 15.1 Å². The summed E-state index contributed by atoms with van der Waals surface area (Å²) in [5.41, 5.74) is 5.11. The normalized spacial score (nSPS) is 15.9. The van der Waals surface area contributed by atoms with Crippen LogP contribution in [0.15, 0.2) is 72.0 Å². The fraction of sp³-hybridized carbons (Fsp3) is 0.345. The molecule has 0 atom stereocenters. The monoisotopic (exact) mass is 527 g/mol. The van der Waals surface area contributed by atoms with Crippen LogP contribution in [0.5, 0.6) is 0 Å². The van der Waals surface area contributed by atoms with E-state index in [1.807, 2.05) is 15.5 Å². The van der Waals surface area contributed by atoms with Gasteiger partial charge in [0, 0.05) is 67.8 Å². The molecule has 0 radical (unpaired) electrons. The van der Waals surface area contributed by atoms with Crippen molar-refractivity contribution < 1.29 is 4.79 Å².